The van der Waals surface area contributed by atoms with Crippen molar-refractivity contribution in [1.82, 2.24) is 5.32 Å². The van der Waals surface area contributed by atoms with E-state index < -0.39 is 16.8 Å². The van der Waals surface area contributed by atoms with E-state index in [9.17, 15) is 13.8 Å². The maximum absolute atomic E-state index is 12.3. The van der Waals surface area contributed by atoms with Gasteiger partial charge in [0.25, 0.3) is 5.91 Å². The lowest BCUT2D eigenvalue weighted by Crippen LogP contribution is -2.44. The molecule has 0 spiro atoms. The normalized spacial score (nSPS) is 22.1. The van der Waals surface area contributed by atoms with Gasteiger partial charge in [0, 0.05) is 28.9 Å². The molecule has 1 N–H and O–H groups in total. The molecule has 1 aromatic rings. The maximum atomic E-state index is 12.3. The average Bonchev–Trinajstić information content (AvgIpc) is 2.64. The number of nitrogens with zero attached hydrogens (tertiary/aromatic N) is 1. The predicted octanol–water partition coefficient (Wildman–Crippen LogP) is 0.675. The van der Waals surface area contributed by atoms with Crippen molar-refractivity contribution in [2.45, 2.75) is 25.4 Å². The molecule has 6 heteroatoms. The minimum Gasteiger partial charge on any atom is -0.302 e. The molecule has 2 rings (SSSR count). The van der Waals surface area contributed by atoms with E-state index in [2.05, 4.69) is 5.32 Å². The Kier molecular flexibility index (Phi) is 4.67. The molecule has 1 aliphatic rings. The highest BCUT2D eigenvalue weighted by molar-refractivity contribution is 7.84. The van der Waals surface area contributed by atoms with Crippen molar-refractivity contribution in [1.29, 1.82) is 0 Å². The highest BCUT2D eigenvalue weighted by Crippen LogP contribution is 2.22. The largest absolute Gasteiger partial charge is 0.302 e. The van der Waals surface area contributed by atoms with Crippen molar-refractivity contribution in [2.24, 2.45) is 0 Å². The van der Waals surface area contributed by atoms with Gasteiger partial charge in [0.15, 0.2) is 0 Å². The summed E-state index contributed by atoms with van der Waals surface area (Å²) >= 11 is 0. The summed E-state index contributed by atoms with van der Waals surface area (Å²) in [7, 11) is -0.933. The zero-order valence-electron chi connectivity index (χ0n) is 11.5. The lowest BCUT2D eigenvalue weighted by Gasteiger charge is -2.18. The van der Waals surface area contributed by atoms with Crippen LogP contribution in [0.3, 0.4) is 0 Å². The summed E-state index contributed by atoms with van der Waals surface area (Å²) < 4.78 is 11.2. The Morgan fingerprint density at radius 2 is 2.00 bits per heavy atom. The summed E-state index contributed by atoms with van der Waals surface area (Å²) in [6.07, 6.45) is 1.77. The van der Waals surface area contributed by atoms with Crippen molar-refractivity contribution in [3.63, 3.8) is 0 Å². The Bertz CT molecular complexity index is 532. The minimum atomic E-state index is -0.933. The zero-order chi connectivity index (χ0) is 14.7. The van der Waals surface area contributed by atoms with Crippen LogP contribution in [0.1, 0.15) is 13.3 Å². The zero-order valence-corrected chi connectivity index (χ0v) is 12.4. The van der Waals surface area contributed by atoms with Crippen LogP contribution in [0.4, 0.5) is 5.69 Å². The molecule has 0 aliphatic carbocycles. The Morgan fingerprint density at radius 3 is 2.60 bits per heavy atom. The summed E-state index contributed by atoms with van der Waals surface area (Å²) in [5.74, 6) is 0.0157. The molecule has 3 atom stereocenters. The van der Waals surface area contributed by atoms with Crippen molar-refractivity contribution >= 4 is 28.3 Å². The third-order valence-corrected chi connectivity index (χ3v) is 4.10. The molecular formula is C14H18N2O3S. The Morgan fingerprint density at radius 1 is 1.35 bits per heavy atom. The van der Waals surface area contributed by atoms with Crippen molar-refractivity contribution in [2.75, 3.05) is 16.9 Å². The summed E-state index contributed by atoms with van der Waals surface area (Å²) in [6.45, 7) is 1.87. The molecule has 0 saturated carbocycles. The van der Waals surface area contributed by atoms with Crippen LogP contribution in [0.15, 0.2) is 30.3 Å². The quantitative estimate of drug-likeness (QED) is 0.811. The molecule has 20 heavy (non-hydrogen) atoms. The molecule has 108 valence electrons. The first-order valence-corrected chi connectivity index (χ1v) is 8.19. The molecule has 1 saturated heterocycles. The number of imide groups is 1. The second-order valence-electron chi connectivity index (χ2n) is 4.97. The smallest absolute Gasteiger partial charge is 0.251 e. The first-order chi connectivity index (χ1) is 9.49. The number of carbonyl (C=O) groups excluding carboxylic acids is 2. The van der Waals surface area contributed by atoms with Gasteiger partial charge in [-0.3, -0.25) is 13.8 Å². The average molecular weight is 294 g/mol. The van der Waals surface area contributed by atoms with Gasteiger partial charge in [0.05, 0.1) is 18.2 Å². The number of nitrogens with one attached hydrogen (secondary N) is 1. The maximum Gasteiger partial charge on any atom is 0.251 e. The van der Waals surface area contributed by atoms with Crippen LogP contribution in [0, 0.1) is 0 Å². The Hall–Kier alpha value is -1.53. The fourth-order valence-corrected chi connectivity index (χ4v) is 3.15. The molecule has 1 fully saturated rings. The van der Waals surface area contributed by atoms with E-state index >= 15 is 0 Å². The van der Waals surface area contributed by atoms with E-state index in [0.717, 1.165) is 0 Å². The standard InChI is InChI=1S/C14H18N2O3S/c1-10(9-20(2)19)15-12-8-13(17)16(14(12)18)11-6-4-3-5-7-11/h3-7,10,12,15H,8-9H2,1-2H3. The lowest BCUT2D eigenvalue weighted by molar-refractivity contribution is -0.121. The number of carbonyl (C=O) groups is 2. The molecule has 5 nitrogen and oxygen atoms in total. The number of benzene rings is 1. The highest BCUT2D eigenvalue weighted by Gasteiger charge is 2.39. The number of hydrogen-bond acceptors (Lipinski definition) is 4. The van der Waals surface area contributed by atoms with Gasteiger partial charge in [-0.1, -0.05) is 18.2 Å². The second kappa shape index (κ2) is 6.28. The van der Waals surface area contributed by atoms with Crippen LogP contribution >= 0.6 is 0 Å². The summed E-state index contributed by atoms with van der Waals surface area (Å²) in [6, 6.07) is 8.30. The SMILES string of the molecule is CC(CS(C)=O)NC1CC(=O)N(c2ccccc2)C1=O. The van der Waals surface area contributed by atoms with Gasteiger partial charge in [0.1, 0.15) is 0 Å². The molecular weight excluding hydrogens is 276 g/mol. The molecule has 1 heterocycles. The first kappa shape index (κ1) is 14.9. The van der Waals surface area contributed by atoms with Crippen LogP contribution in [0.2, 0.25) is 0 Å². The molecule has 1 aromatic carbocycles. The highest BCUT2D eigenvalue weighted by atomic mass is 32.2. The fourth-order valence-electron chi connectivity index (χ4n) is 2.35. The molecule has 0 radical (unpaired) electrons. The van der Waals surface area contributed by atoms with Crippen molar-refractivity contribution in [3.8, 4) is 0 Å². The van der Waals surface area contributed by atoms with Gasteiger partial charge in [-0.2, -0.15) is 0 Å². The minimum absolute atomic E-state index is 0.0710. The third-order valence-electron chi connectivity index (χ3n) is 3.13. The van der Waals surface area contributed by atoms with Crippen molar-refractivity contribution in [3.05, 3.63) is 30.3 Å². The first-order valence-electron chi connectivity index (χ1n) is 6.47. The third kappa shape index (κ3) is 3.32. The van der Waals surface area contributed by atoms with Gasteiger partial charge in [-0.25, -0.2) is 4.90 Å². The van der Waals surface area contributed by atoms with E-state index in [-0.39, 0.29) is 24.3 Å². The number of para-hydroxylation sites is 1. The van der Waals surface area contributed by atoms with E-state index in [1.165, 1.54) is 4.90 Å². The van der Waals surface area contributed by atoms with E-state index in [0.29, 0.717) is 11.4 Å². The van der Waals surface area contributed by atoms with Crippen LogP contribution < -0.4 is 10.2 Å². The Labute approximate surface area is 120 Å². The van der Waals surface area contributed by atoms with E-state index in [1.54, 1.807) is 30.5 Å². The number of hydrogen-bond donors (Lipinski definition) is 1. The van der Waals surface area contributed by atoms with Gasteiger partial charge < -0.3 is 5.32 Å². The van der Waals surface area contributed by atoms with Crippen LogP contribution in [-0.4, -0.2) is 40.1 Å². The van der Waals surface area contributed by atoms with Gasteiger partial charge in [-0.15, -0.1) is 0 Å². The monoisotopic (exact) mass is 294 g/mol. The van der Waals surface area contributed by atoms with Gasteiger partial charge in [0.2, 0.25) is 5.91 Å². The van der Waals surface area contributed by atoms with Crippen LogP contribution in [0.5, 0.6) is 0 Å². The fraction of sp³-hybridized carbons (Fsp3) is 0.429. The molecule has 0 aromatic heterocycles. The molecule has 3 unspecified atom stereocenters. The number of rotatable bonds is 5. The van der Waals surface area contributed by atoms with Crippen molar-refractivity contribution < 1.29 is 13.8 Å². The summed E-state index contributed by atoms with van der Waals surface area (Å²) in [4.78, 5) is 25.5. The lowest BCUT2D eigenvalue weighted by atomic mass is 10.2. The van der Waals surface area contributed by atoms with Gasteiger partial charge >= 0.3 is 0 Å². The van der Waals surface area contributed by atoms with E-state index in [1.807, 2.05) is 13.0 Å². The molecule has 1 aliphatic heterocycles. The second-order valence-corrected chi connectivity index (χ2v) is 6.45. The molecule has 0 bridgehead atoms. The number of amides is 2. The topological polar surface area (TPSA) is 66.5 Å². The van der Waals surface area contributed by atoms with Crippen LogP contribution in [0.25, 0.3) is 0 Å². The van der Waals surface area contributed by atoms with E-state index in [4.69, 9.17) is 0 Å². The van der Waals surface area contributed by atoms with Crippen LogP contribution in [-0.2, 0) is 20.4 Å². The predicted molar refractivity (Wildman–Crippen MR) is 78.9 cm³/mol. The van der Waals surface area contributed by atoms with Gasteiger partial charge in [-0.05, 0) is 19.1 Å². The Balaban J connectivity index is 2.07. The molecule has 2 amide bonds. The number of anilines is 1. The summed E-state index contributed by atoms with van der Waals surface area (Å²) in [5, 5.41) is 3.08. The summed E-state index contributed by atoms with van der Waals surface area (Å²) in [5.41, 5.74) is 0.596.